The molecule has 4 aromatic rings. The van der Waals surface area contributed by atoms with Crippen LogP contribution in [0.15, 0.2) is 53.3 Å². The molecule has 9 heteroatoms. The molecule has 172 valence electrons. The molecule has 4 rings (SSSR count). The van der Waals surface area contributed by atoms with Gasteiger partial charge in [0.15, 0.2) is 0 Å². The molecule has 0 saturated heterocycles. The van der Waals surface area contributed by atoms with Crippen molar-refractivity contribution in [2.75, 3.05) is 18.5 Å². The molecule has 1 amide bonds. The molecule has 0 unspecified atom stereocenters. The van der Waals surface area contributed by atoms with Crippen LogP contribution in [-0.4, -0.2) is 44.2 Å². The highest BCUT2D eigenvalue weighted by atomic mass is 16.5. The van der Waals surface area contributed by atoms with Crippen molar-refractivity contribution in [2.24, 2.45) is 0 Å². The summed E-state index contributed by atoms with van der Waals surface area (Å²) >= 11 is 0. The van der Waals surface area contributed by atoms with Gasteiger partial charge in [-0.25, -0.2) is 4.98 Å². The molecular weight excluding hydrogens is 422 g/mol. The maximum Gasteiger partial charge on any atom is 0.274 e. The lowest BCUT2D eigenvalue weighted by molar-refractivity contribution is -0.0403. The van der Waals surface area contributed by atoms with Crippen molar-refractivity contribution >= 4 is 17.2 Å². The fourth-order valence-electron chi connectivity index (χ4n) is 3.18. The Bertz CT molecular complexity index is 1260. The van der Waals surface area contributed by atoms with Gasteiger partial charge in [0.2, 0.25) is 5.82 Å². The first kappa shape index (κ1) is 22.6. The minimum atomic E-state index is -0.256. The SMILES string of the molecule is Cc1ccc(-c2noc(COCCOC(C)(C)C)n2)cc1NC(=O)c1cnc2ccccn12. The second kappa shape index (κ2) is 9.51. The van der Waals surface area contributed by atoms with Crippen LogP contribution in [0.5, 0.6) is 0 Å². The van der Waals surface area contributed by atoms with Gasteiger partial charge in [0.05, 0.1) is 25.0 Å². The topological polar surface area (TPSA) is 104 Å². The van der Waals surface area contributed by atoms with Crippen molar-refractivity contribution in [1.82, 2.24) is 19.5 Å². The number of aromatic nitrogens is 4. The Hall–Kier alpha value is -3.56. The fourth-order valence-corrected chi connectivity index (χ4v) is 3.18. The summed E-state index contributed by atoms with van der Waals surface area (Å²) < 4.78 is 18.2. The summed E-state index contributed by atoms with van der Waals surface area (Å²) in [5, 5.41) is 7.00. The third-order valence-electron chi connectivity index (χ3n) is 4.85. The maximum atomic E-state index is 12.9. The zero-order chi connectivity index (χ0) is 23.4. The van der Waals surface area contributed by atoms with Gasteiger partial charge in [0, 0.05) is 17.4 Å². The minimum absolute atomic E-state index is 0.199. The molecule has 0 aliphatic rings. The lowest BCUT2D eigenvalue weighted by Crippen LogP contribution is -2.21. The highest BCUT2D eigenvalue weighted by molar-refractivity contribution is 6.04. The predicted molar refractivity (Wildman–Crippen MR) is 123 cm³/mol. The number of benzene rings is 1. The van der Waals surface area contributed by atoms with E-state index in [0.717, 1.165) is 11.1 Å². The number of aryl methyl sites for hydroxylation is 1. The summed E-state index contributed by atoms with van der Waals surface area (Å²) in [6.45, 7) is 9.01. The quantitative estimate of drug-likeness (QED) is 0.401. The van der Waals surface area contributed by atoms with Crippen LogP contribution in [0.3, 0.4) is 0 Å². The number of imidazole rings is 1. The van der Waals surface area contributed by atoms with Crippen LogP contribution in [0, 0.1) is 6.92 Å². The summed E-state index contributed by atoms with van der Waals surface area (Å²) in [6, 6.07) is 11.2. The molecule has 0 spiro atoms. The molecule has 0 bridgehead atoms. The predicted octanol–water partition coefficient (Wildman–Crippen LogP) is 4.28. The number of rotatable bonds is 8. The fraction of sp³-hybridized carbons (Fsp3) is 0.333. The van der Waals surface area contributed by atoms with E-state index in [1.165, 1.54) is 0 Å². The highest BCUT2D eigenvalue weighted by Gasteiger charge is 2.15. The van der Waals surface area contributed by atoms with Crippen LogP contribution in [-0.2, 0) is 16.1 Å². The number of pyridine rings is 1. The van der Waals surface area contributed by atoms with Crippen molar-refractivity contribution in [3.8, 4) is 11.4 Å². The first-order valence-corrected chi connectivity index (χ1v) is 10.7. The summed E-state index contributed by atoms with van der Waals surface area (Å²) in [5.41, 5.74) is 3.24. The zero-order valence-electron chi connectivity index (χ0n) is 19.2. The number of nitrogens with one attached hydrogen (secondary N) is 1. The Morgan fingerprint density at radius 3 is 2.85 bits per heavy atom. The molecule has 0 radical (unpaired) electrons. The molecule has 3 heterocycles. The molecule has 33 heavy (non-hydrogen) atoms. The van der Waals surface area contributed by atoms with E-state index >= 15 is 0 Å². The van der Waals surface area contributed by atoms with Gasteiger partial charge < -0.3 is 19.3 Å². The van der Waals surface area contributed by atoms with E-state index in [2.05, 4.69) is 20.4 Å². The monoisotopic (exact) mass is 449 g/mol. The van der Waals surface area contributed by atoms with Crippen LogP contribution in [0.2, 0.25) is 0 Å². The number of amides is 1. The van der Waals surface area contributed by atoms with Crippen LogP contribution >= 0.6 is 0 Å². The second-order valence-electron chi connectivity index (χ2n) is 8.58. The maximum absolute atomic E-state index is 12.9. The van der Waals surface area contributed by atoms with Gasteiger partial charge in [-0.15, -0.1) is 0 Å². The van der Waals surface area contributed by atoms with Crippen LogP contribution in [0.1, 0.15) is 42.7 Å². The van der Waals surface area contributed by atoms with E-state index in [4.69, 9.17) is 14.0 Å². The molecule has 1 N–H and O–H groups in total. The molecule has 3 aromatic heterocycles. The summed E-state index contributed by atoms with van der Waals surface area (Å²) in [5.74, 6) is 0.538. The number of hydrogen-bond acceptors (Lipinski definition) is 7. The average Bonchev–Trinajstić information content (AvgIpc) is 3.41. The minimum Gasteiger partial charge on any atom is -0.373 e. The number of carbonyl (C=O) groups is 1. The lowest BCUT2D eigenvalue weighted by atomic mass is 10.1. The van der Waals surface area contributed by atoms with E-state index in [0.29, 0.717) is 42.0 Å². The first-order valence-electron chi connectivity index (χ1n) is 10.7. The van der Waals surface area contributed by atoms with E-state index in [1.54, 1.807) is 16.8 Å². The second-order valence-corrected chi connectivity index (χ2v) is 8.58. The molecule has 0 aliphatic carbocycles. The highest BCUT2D eigenvalue weighted by Crippen LogP contribution is 2.24. The van der Waals surface area contributed by atoms with E-state index in [-0.39, 0.29) is 18.1 Å². The molecule has 9 nitrogen and oxygen atoms in total. The normalized spacial score (nSPS) is 11.8. The number of nitrogens with zero attached hydrogens (tertiary/aromatic N) is 4. The first-order chi connectivity index (χ1) is 15.8. The Morgan fingerprint density at radius 2 is 2.03 bits per heavy atom. The summed E-state index contributed by atoms with van der Waals surface area (Å²) in [4.78, 5) is 21.5. The molecule has 1 aromatic carbocycles. The van der Waals surface area contributed by atoms with E-state index < -0.39 is 0 Å². The number of ether oxygens (including phenoxy) is 2. The molecule has 0 saturated carbocycles. The summed E-state index contributed by atoms with van der Waals surface area (Å²) in [7, 11) is 0. The Labute approximate surface area is 191 Å². The molecule has 0 fully saturated rings. The van der Waals surface area contributed by atoms with E-state index in [9.17, 15) is 4.79 Å². The Balaban J connectivity index is 1.42. The smallest absolute Gasteiger partial charge is 0.274 e. The van der Waals surface area contributed by atoms with Gasteiger partial charge in [-0.2, -0.15) is 4.98 Å². The van der Waals surface area contributed by atoms with Crippen LogP contribution in [0.25, 0.3) is 17.0 Å². The van der Waals surface area contributed by atoms with Gasteiger partial charge in [0.25, 0.3) is 11.8 Å². The van der Waals surface area contributed by atoms with E-state index in [1.807, 2.05) is 64.1 Å². The van der Waals surface area contributed by atoms with Gasteiger partial charge in [-0.05, 0) is 51.5 Å². The summed E-state index contributed by atoms with van der Waals surface area (Å²) in [6.07, 6.45) is 3.36. The largest absolute Gasteiger partial charge is 0.373 e. The number of anilines is 1. The molecule has 0 atom stereocenters. The molecule has 0 aliphatic heterocycles. The average molecular weight is 450 g/mol. The standard InChI is InChI=1S/C24H27N5O4/c1-16-8-9-17(22-27-21(33-28-22)15-31-11-12-32-24(2,3)4)13-18(16)26-23(30)19-14-25-20-7-5-6-10-29(19)20/h5-10,13-14H,11-12,15H2,1-4H3,(H,26,30). The number of fused-ring (bicyclic) bond motifs is 1. The number of carbonyl (C=O) groups excluding carboxylic acids is 1. The van der Waals surface area contributed by atoms with Crippen molar-refractivity contribution in [1.29, 1.82) is 0 Å². The van der Waals surface area contributed by atoms with Crippen molar-refractivity contribution < 1.29 is 18.8 Å². The van der Waals surface area contributed by atoms with Crippen LogP contribution in [0.4, 0.5) is 5.69 Å². The van der Waals surface area contributed by atoms with Gasteiger partial charge in [-0.1, -0.05) is 23.4 Å². The lowest BCUT2D eigenvalue weighted by Gasteiger charge is -2.19. The third kappa shape index (κ3) is 5.63. The third-order valence-corrected chi connectivity index (χ3v) is 4.85. The van der Waals surface area contributed by atoms with Gasteiger partial charge in [0.1, 0.15) is 17.9 Å². The van der Waals surface area contributed by atoms with Crippen LogP contribution < -0.4 is 5.32 Å². The number of hydrogen-bond donors (Lipinski definition) is 1. The van der Waals surface area contributed by atoms with Gasteiger partial charge >= 0.3 is 0 Å². The van der Waals surface area contributed by atoms with Crippen molar-refractivity contribution in [3.05, 3.63) is 65.9 Å². The van der Waals surface area contributed by atoms with Gasteiger partial charge in [-0.3, -0.25) is 9.20 Å². The van der Waals surface area contributed by atoms with Crippen molar-refractivity contribution in [2.45, 2.75) is 39.9 Å². The Kier molecular flexibility index (Phi) is 6.52. The van der Waals surface area contributed by atoms with Crippen molar-refractivity contribution in [3.63, 3.8) is 0 Å². The Morgan fingerprint density at radius 1 is 1.18 bits per heavy atom. The molecular formula is C24H27N5O4. The zero-order valence-corrected chi connectivity index (χ0v) is 19.2.